The van der Waals surface area contributed by atoms with Gasteiger partial charge in [0, 0.05) is 48.0 Å². The van der Waals surface area contributed by atoms with Crippen LogP contribution in [0.25, 0.3) is 0 Å². The first kappa shape index (κ1) is 88.0. The van der Waals surface area contributed by atoms with Crippen molar-refractivity contribution in [1.82, 2.24) is 20.5 Å². The third kappa shape index (κ3) is 27.4. The highest BCUT2D eigenvalue weighted by Gasteiger charge is 2.56. The van der Waals surface area contributed by atoms with Crippen LogP contribution >= 0.6 is 21.6 Å². The minimum Gasteiger partial charge on any atom is -0.481 e. The average Bonchev–Trinajstić information content (AvgIpc) is 0.779. The maximum absolute atomic E-state index is 15.3. The molecule has 1 saturated heterocycles. The van der Waals surface area contributed by atoms with Gasteiger partial charge >= 0.3 is 41.8 Å². The predicted molar refractivity (Wildman–Crippen MR) is 367 cm³/mol. The number of esters is 4. The first-order chi connectivity index (χ1) is 45.1. The van der Waals surface area contributed by atoms with Crippen molar-refractivity contribution >= 4 is 89.7 Å². The Morgan fingerprint density at radius 1 is 0.660 bits per heavy atom. The molecule has 1 aromatic rings. The molecule has 0 radical (unpaired) electrons. The number of unbranched alkanes of at least 4 members (excludes halogenated alkanes) is 1. The van der Waals surface area contributed by atoms with E-state index in [1.54, 1.807) is 51.2 Å². The van der Waals surface area contributed by atoms with Crippen molar-refractivity contribution in [3.05, 3.63) is 24.4 Å². The summed E-state index contributed by atoms with van der Waals surface area (Å²) >= 11 is 0. The van der Waals surface area contributed by atoms with Gasteiger partial charge in [0.05, 0.1) is 66.2 Å². The Hall–Kier alpha value is -5.11. The zero-order chi connectivity index (χ0) is 73.8. The van der Waals surface area contributed by atoms with Gasteiger partial charge in [-0.3, -0.25) is 43.2 Å². The zero-order valence-corrected chi connectivity index (χ0v) is 61.5. The van der Waals surface area contributed by atoms with Crippen LogP contribution in [0.3, 0.4) is 0 Å². The van der Waals surface area contributed by atoms with Gasteiger partial charge in [-0.1, -0.05) is 83.9 Å². The summed E-state index contributed by atoms with van der Waals surface area (Å²) in [6, 6.07) is 4.16. The van der Waals surface area contributed by atoms with Crippen LogP contribution in [-0.4, -0.2) is 236 Å². The highest BCUT2D eigenvalue weighted by Crippen LogP contribution is 2.53. The van der Waals surface area contributed by atoms with E-state index in [0.29, 0.717) is 30.8 Å². The van der Waals surface area contributed by atoms with Crippen molar-refractivity contribution in [1.29, 1.82) is 0 Å². The maximum atomic E-state index is 15.3. The second kappa shape index (κ2) is 40.4. The smallest absolute Gasteiger partial charge is 0.311 e. The molecule has 10 unspecified atom stereocenters. The molecule has 2 rings (SSSR count). The molecule has 0 spiro atoms. The van der Waals surface area contributed by atoms with E-state index in [4.69, 9.17) is 33.2 Å². The number of carbonyl (C=O) groups is 9. The monoisotopic (exact) mass is 1410 g/mol. The number of aliphatic carboxylic acids is 3. The molecule has 1 fully saturated rings. The molecule has 0 saturated carbocycles. The summed E-state index contributed by atoms with van der Waals surface area (Å²) in [6.45, 7) is 18.1. The molecule has 14 atom stereocenters. The number of ether oxygens (including phenoxy) is 7. The van der Waals surface area contributed by atoms with Gasteiger partial charge < -0.3 is 84.4 Å². The summed E-state index contributed by atoms with van der Waals surface area (Å²) in [7, 11) is 5.58. The van der Waals surface area contributed by atoms with Crippen molar-refractivity contribution in [3.63, 3.8) is 0 Å². The Morgan fingerprint density at radius 2 is 1.21 bits per heavy atom. The lowest BCUT2D eigenvalue weighted by Gasteiger charge is -2.43. The van der Waals surface area contributed by atoms with E-state index < -0.39 is 153 Å². The Kier molecular flexibility index (Phi) is 36.6. The first-order valence-electron chi connectivity index (χ1n) is 33.4. The Bertz CT molecular complexity index is 2710. The second-order valence-electron chi connectivity index (χ2n) is 28.6. The predicted octanol–water partition coefficient (Wildman–Crippen LogP) is 5.35. The SMILES string of the molecule is CCCCOC(=O)C(C)(CC(C)(CCC)C(=O)O)CC(C)(CBC(C)(CC(C)(CC(C)(CBC(C)(CC(C)(CC)C(=O)O)C(=O)OCCOCCOC1O[C@H](CO)[C@H](O)[C@H](O)[C@H]1NC(C)=O)C(=O)NCC(C)O)C(=O)OCCSSc1ccccn1)C(=O)O)C(=O)OCCN(C)C. The molecule has 1 aliphatic rings. The number of likely N-dealkylation sites (N-methyl/N-ethyl adjacent to an activating group) is 1. The van der Waals surface area contributed by atoms with E-state index in [1.165, 1.54) is 83.9 Å². The molecular weight excluding hydrogens is 1300 g/mol. The quantitative estimate of drug-likeness (QED) is 0.0130. The molecule has 552 valence electrons. The molecule has 2 amide bonds. The van der Waals surface area contributed by atoms with Crippen LogP contribution < -0.4 is 10.6 Å². The van der Waals surface area contributed by atoms with Crippen LogP contribution in [-0.2, 0) is 76.3 Å². The number of carboxylic acid groups (broad SMARTS) is 3. The van der Waals surface area contributed by atoms with Gasteiger partial charge in [0.2, 0.25) is 11.8 Å². The Labute approximate surface area is 581 Å². The largest absolute Gasteiger partial charge is 0.481 e. The molecule has 31 heteroatoms. The number of carboxylic acids is 3. The highest BCUT2D eigenvalue weighted by molar-refractivity contribution is 8.76. The van der Waals surface area contributed by atoms with Crippen LogP contribution in [0, 0.1) is 32.5 Å². The van der Waals surface area contributed by atoms with E-state index in [1.807, 2.05) is 19.9 Å². The summed E-state index contributed by atoms with van der Waals surface area (Å²) < 4.78 is 40.6. The molecule has 2 heterocycles. The average molecular weight is 1420 g/mol. The fraction of sp³-hybridized carbons (Fsp3) is 0.788. The molecule has 1 aromatic heterocycles. The molecule has 27 nitrogen and oxygen atoms in total. The van der Waals surface area contributed by atoms with E-state index in [0.717, 1.165) is 0 Å². The van der Waals surface area contributed by atoms with Crippen LogP contribution in [0.4, 0.5) is 0 Å². The number of rotatable bonds is 49. The van der Waals surface area contributed by atoms with Gasteiger partial charge in [0.1, 0.15) is 63.8 Å². The summed E-state index contributed by atoms with van der Waals surface area (Å²) in [5.41, 5.74) is -10.1. The standard InChI is InChI=1S/C66H112B2N4O23S2/c1-16-19-26-91-55(85)61(8,36-60(7,23-17-2)53(81)82)38-64(11,57(87)92-27-25-72(14)15)42-67-65(12,54(83)84)40-62(9,56(86)94-32-33-96-97-46-22-20-21-24-69-46)37-63(10,51(78)70-34-43(4)74)41-68-66(13,39-59(6,18-3)52(79)80)58(88)93-31-29-89-28-30-90-50-47(71-44(5)75)49(77)48(76)45(35-73)95-50/h20-22,24,43,45,47-50,67-68,73-74,76-77H,16-19,23,25-42H2,1-15H3,(H,70,78)(H,71,75)(H,79,80)(H,81,82)(H,83,84)/t43?,45-,47-,48+,49-,50?,59?,60?,61?,62?,63?,64?,65?,66?/m1/s1. The molecule has 9 N–H and O–H groups in total. The van der Waals surface area contributed by atoms with Gasteiger partial charge in [-0.05, 0) is 130 Å². The number of pyridine rings is 1. The highest BCUT2D eigenvalue weighted by atomic mass is 33.1. The number of nitrogens with zero attached hydrogens (tertiary/aromatic N) is 2. The molecule has 0 aliphatic carbocycles. The van der Waals surface area contributed by atoms with Crippen molar-refractivity contribution in [2.75, 3.05) is 85.8 Å². The number of hydrogen-bond acceptors (Lipinski definition) is 24. The van der Waals surface area contributed by atoms with Crippen LogP contribution in [0.15, 0.2) is 29.4 Å². The minimum atomic E-state index is -1.97. The first-order valence-corrected chi connectivity index (χ1v) is 35.8. The number of carbonyl (C=O) groups excluding carboxylic acids is 6. The van der Waals surface area contributed by atoms with Gasteiger partial charge in [-0.2, -0.15) is 0 Å². The minimum absolute atomic E-state index is 0.0204. The molecule has 97 heavy (non-hydrogen) atoms. The van der Waals surface area contributed by atoms with Crippen LogP contribution in [0.5, 0.6) is 0 Å². The van der Waals surface area contributed by atoms with Crippen molar-refractivity contribution in [2.24, 2.45) is 32.5 Å². The van der Waals surface area contributed by atoms with Gasteiger partial charge in [-0.25, -0.2) is 4.98 Å². The third-order valence-electron chi connectivity index (χ3n) is 18.5. The normalized spacial score (nSPS) is 21.7. The summed E-state index contributed by atoms with van der Waals surface area (Å²) in [4.78, 5) is 133. The van der Waals surface area contributed by atoms with Gasteiger partial charge in [-0.15, -0.1) is 0 Å². The summed E-state index contributed by atoms with van der Waals surface area (Å²) in [6.07, 6.45) is -5.73. The Balaban J connectivity index is 2.81. The van der Waals surface area contributed by atoms with Gasteiger partial charge in [0.25, 0.3) is 0 Å². The maximum Gasteiger partial charge on any atom is 0.311 e. The zero-order valence-electron chi connectivity index (χ0n) is 59.8. The van der Waals surface area contributed by atoms with Crippen molar-refractivity contribution in [3.8, 4) is 0 Å². The van der Waals surface area contributed by atoms with E-state index in [9.17, 15) is 69.3 Å². The van der Waals surface area contributed by atoms with E-state index in [2.05, 4.69) is 15.6 Å². The van der Waals surface area contributed by atoms with E-state index >= 15 is 9.59 Å². The van der Waals surface area contributed by atoms with E-state index in [-0.39, 0.29) is 118 Å². The third-order valence-corrected chi connectivity index (χ3v) is 20.7. The van der Waals surface area contributed by atoms with Crippen molar-refractivity contribution < 1.29 is 112 Å². The number of hydrogen-bond donors (Lipinski definition) is 9. The number of amides is 2. The van der Waals surface area contributed by atoms with Crippen LogP contribution in [0.2, 0.25) is 23.3 Å². The fourth-order valence-corrected chi connectivity index (χ4v) is 14.4. The number of aliphatic hydroxyl groups excluding tert-OH is 4. The molecule has 1 aliphatic heterocycles. The lowest BCUT2D eigenvalue weighted by Crippen LogP contribution is -2.64. The molecule has 0 bridgehead atoms. The van der Waals surface area contributed by atoms with Crippen molar-refractivity contribution in [2.45, 2.75) is 219 Å². The lowest BCUT2D eigenvalue weighted by atomic mass is 9.41. The Morgan fingerprint density at radius 3 is 1.75 bits per heavy atom. The fourth-order valence-electron chi connectivity index (χ4n) is 12.7. The number of aromatic nitrogens is 1. The summed E-state index contributed by atoms with van der Waals surface area (Å²) in [5, 5.41) is 76.3. The van der Waals surface area contributed by atoms with Gasteiger partial charge in [0.15, 0.2) is 6.29 Å². The molecular formula is C66H112B2N4O23S2. The lowest BCUT2D eigenvalue weighted by molar-refractivity contribution is -0.272. The topological polar surface area (TPSA) is 400 Å². The van der Waals surface area contributed by atoms with Crippen LogP contribution in [0.1, 0.15) is 154 Å². The number of aliphatic hydroxyl groups is 4. The summed E-state index contributed by atoms with van der Waals surface area (Å²) in [5.74, 6) is -8.16. The second-order valence-corrected chi connectivity index (χ2v) is 31.1. The number of nitrogens with one attached hydrogen (secondary N) is 2. The molecule has 0 aromatic carbocycles.